The highest BCUT2D eigenvalue weighted by molar-refractivity contribution is 6.05. The molecule has 0 saturated heterocycles. The van der Waals surface area contributed by atoms with Gasteiger partial charge in [0, 0.05) is 16.9 Å². The van der Waals surface area contributed by atoms with Gasteiger partial charge in [-0.1, -0.05) is 44.0 Å². The zero-order valence-corrected chi connectivity index (χ0v) is 15.9. The zero-order chi connectivity index (χ0) is 20.1. The fraction of sp³-hybridized carbons (Fsp3) is 0.409. The normalized spacial score (nSPS) is 16.0. The molecule has 3 nitrogen and oxygen atoms in total. The highest BCUT2D eigenvalue weighted by Gasteiger charge is 2.45. The molecule has 1 aliphatic rings. The Hall–Kier alpha value is -2.50. The molecule has 1 aliphatic carbocycles. The van der Waals surface area contributed by atoms with Gasteiger partial charge in [0.25, 0.3) is 5.91 Å². The maximum atomic E-state index is 13.5. The summed E-state index contributed by atoms with van der Waals surface area (Å²) in [6.07, 6.45) is -0.741. The minimum absolute atomic E-state index is 0.266. The summed E-state index contributed by atoms with van der Waals surface area (Å²) < 4.78 is 40.6. The van der Waals surface area contributed by atoms with Crippen LogP contribution in [-0.4, -0.2) is 18.1 Å². The van der Waals surface area contributed by atoms with Crippen molar-refractivity contribution in [3.05, 3.63) is 59.7 Å². The highest BCUT2D eigenvalue weighted by Crippen LogP contribution is 2.37. The number of carbonyl (C=O) groups is 1. The molecule has 0 aromatic heterocycles. The first-order valence-electron chi connectivity index (χ1n) is 9.71. The van der Waals surface area contributed by atoms with Gasteiger partial charge in [-0.2, -0.15) is 13.2 Å². The Labute approximate surface area is 163 Å². The molecule has 28 heavy (non-hydrogen) atoms. The van der Waals surface area contributed by atoms with E-state index in [4.69, 9.17) is 0 Å². The standard InChI is InChI=1S/C22H25F3N2O/c1-2-15-8-5-6-13-19(15)21(28)27-18-12-7-11-17(14-18)26-20(22(23,24)25)16-9-3-4-10-16/h5-8,11-14,16,20,26H,2-4,9-10H2,1H3,(H,27,28). The monoisotopic (exact) mass is 390 g/mol. The van der Waals surface area contributed by atoms with Crippen LogP contribution < -0.4 is 10.6 Å². The van der Waals surface area contributed by atoms with E-state index in [0.29, 0.717) is 29.8 Å². The Morgan fingerprint density at radius 2 is 1.75 bits per heavy atom. The maximum absolute atomic E-state index is 13.5. The number of amides is 1. The third-order valence-electron chi connectivity index (χ3n) is 5.31. The molecule has 0 radical (unpaired) electrons. The van der Waals surface area contributed by atoms with Crippen LogP contribution in [0.25, 0.3) is 0 Å². The lowest BCUT2D eigenvalue weighted by Crippen LogP contribution is -2.41. The predicted molar refractivity (Wildman–Crippen MR) is 106 cm³/mol. The van der Waals surface area contributed by atoms with Crippen LogP contribution in [0.2, 0.25) is 0 Å². The van der Waals surface area contributed by atoms with E-state index in [9.17, 15) is 18.0 Å². The highest BCUT2D eigenvalue weighted by atomic mass is 19.4. The Morgan fingerprint density at radius 3 is 2.43 bits per heavy atom. The number of carbonyl (C=O) groups excluding carboxylic acids is 1. The zero-order valence-electron chi connectivity index (χ0n) is 15.9. The third-order valence-corrected chi connectivity index (χ3v) is 5.31. The van der Waals surface area contributed by atoms with Crippen molar-refractivity contribution in [2.45, 2.75) is 51.2 Å². The first-order chi connectivity index (χ1) is 13.4. The maximum Gasteiger partial charge on any atom is 0.408 e. The lowest BCUT2D eigenvalue weighted by atomic mass is 9.97. The van der Waals surface area contributed by atoms with Crippen LogP contribution in [0.4, 0.5) is 24.5 Å². The molecule has 1 unspecified atom stereocenters. The number of hydrogen-bond donors (Lipinski definition) is 2. The molecule has 0 aliphatic heterocycles. The molecule has 6 heteroatoms. The second kappa shape index (κ2) is 8.67. The molecular formula is C22H25F3N2O. The van der Waals surface area contributed by atoms with Crippen molar-refractivity contribution >= 4 is 17.3 Å². The van der Waals surface area contributed by atoms with Crippen molar-refractivity contribution in [1.82, 2.24) is 0 Å². The van der Waals surface area contributed by atoms with Gasteiger partial charge in [0.2, 0.25) is 0 Å². The van der Waals surface area contributed by atoms with Crippen molar-refractivity contribution in [3.63, 3.8) is 0 Å². The number of hydrogen-bond acceptors (Lipinski definition) is 2. The lowest BCUT2D eigenvalue weighted by Gasteiger charge is -2.28. The summed E-state index contributed by atoms with van der Waals surface area (Å²) in [6, 6.07) is 12.2. The molecule has 0 bridgehead atoms. The van der Waals surface area contributed by atoms with Crippen molar-refractivity contribution in [1.29, 1.82) is 0 Å². The molecule has 2 aromatic rings. The average molecular weight is 390 g/mol. The summed E-state index contributed by atoms with van der Waals surface area (Å²) in [5.74, 6) is -0.674. The average Bonchev–Trinajstić information content (AvgIpc) is 3.19. The number of anilines is 2. The third kappa shape index (κ3) is 4.86. The topological polar surface area (TPSA) is 41.1 Å². The Morgan fingerprint density at radius 1 is 1.07 bits per heavy atom. The summed E-state index contributed by atoms with van der Waals surface area (Å²) in [6.45, 7) is 1.97. The molecule has 2 aromatic carbocycles. The molecule has 0 spiro atoms. The van der Waals surface area contributed by atoms with Gasteiger partial charge >= 0.3 is 6.18 Å². The predicted octanol–water partition coefficient (Wildman–Crippen LogP) is 6.03. The van der Waals surface area contributed by atoms with E-state index in [0.717, 1.165) is 24.8 Å². The Balaban J connectivity index is 1.75. The number of benzene rings is 2. The Kier molecular flexibility index (Phi) is 6.27. The summed E-state index contributed by atoms with van der Waals surface area (Å²) in [5.41, 5.74) is 2.32. The van der Waals surface area contributed by atoms with Gasteiger partial charge in [-0.25, -0.2) is 0 Å². The molecule has 1 saturated carbocycles. The van der Waals surface area contributed by atoms with E-state index < -0.39 is 18.1 Å². The van der Waals surface area contributed by atoms with Gasteiger partial charge < -0.3 is 10.6 Å². The fourth-order valence-corrected chi connectivity index (χ4v) is 3.87. The van der Waals surface area contributed by atoms with Gasteiger partial charge in [-0.3, -0.25) is 4.79 Å². The van der Waals surface area contributed by atoms with Crippen molar-refractivity contribution in [2.75, 3.05) is 10.6 Å². The number of alkyl halides is 3. The van der Waals surface area contributed by atoms with Crippen molar-refractivity contribution in [2.24, 2.45) is 5.92 Å². The molecule has 1 amide bonds. The van der Waals surface area contributed by atoms with E-state index in [1.807, 2.05) is 19.1 Å². The van der Waals surface area contributed by atoms with E-state index in [1.54, 1.807) is 36.4 Å². The summed E-state index contributed by atoms with van der Waals surface area (Å²) in [4.78, 5) is 12.6. The number of aryl methyl sites for hydroxylation is 1. The van der Waals surface area contributed by atoms with E-state index >= 15 is 0 Å². The van der Waals surface area contributed by atoms with Crippen LogP contribution in [0.3, 0.4) is 0 Å². The van der Waals surface area contributed by atoms with Crippen molar-refractivity contribution in [3.8, 4) is 0 Å². The summed E-state index contributed by atoms with van der Waals surface area (Å²) in [5, 5.41) is 5.46. The minimum Gasteiger partial charge on any atom is -0.374 e. The largest absolute Gasteiger partial charge is 0.408 e. The fourth-order valence-electron chi connectivity index (χ4n) is 3.87. The lowest BCUT2D eigenvalue weighted by molar-refractivity contribution is -0.152. The first-order valence-corrected chi connectivity index (χ1v) is 9.71. The molecule has 1 atom stereocenters. The quantitative estimate of drug-likeness (QED) is 0.632. The second-order valence-electron chi connectivity index (χ2n) is 7.25. The molecule has 0 heterocycles. The minimum atomic E-state index is -4.31. The van der Waals surface area contributed by atoms with E-state index in [-0.39, 0.29) is 5.91 Å². The van der Waals surface area contributed by atoms with Crippen LogP contribution in [0.5, 0.6) is 0 Å². The first kappa shape index (κ1) is 20.2. The van der Waals surface area contributed by atoms with Gasteiger partial charge in [-0.05, 0) is 55.0 Å². The SMILES string of the molecule is CCc1ccccc1C(=O)Nc1cccc(NC(C2CCCC2)C(F)(F)F)c1. The summed E-state index contributed by atoms with van der Waals surface area (Å²) in [7, 11) is 0. The van der Waals surface area contributed by atoms with Gasteiger partial charge in [0.1, 0.15) is 6.04 Å². The van der Waals surface area contributed by atoms with E-state index in [1.165, 1.54) is 0 Å². The molecular weight excluding hydrogens is 365 g/mol. The second-order valence-corrected chi connectivity index (χ2v) is 7.25. The van der Waals surface area contributed by atoms with Crippen LogP contribution in [0, 0.1) is 5.92 Å². The van der Waals surface area contributed by atoms with Crippen LogP contribution in [0.15, 0.2) is 48.5 Å². The van der Waals surface area contributed by atoms with Gasteiger partial charge in [0.05, 0.1) is 0 Å². The smallest absolute Gasteiger partial charge is 0.374 e. The Bertz CT molecular complexity index is 813. The number of rotatable bonds is 6. The summed E-state index contributed by atoms with van der Waals surface area (Å²) >= 11 is 0. The van der Waals surface area contributed by atoms with Crippen LogP contribution in [0.1, 0.15) is 48.5 Å². The van der Waals surface area contributed by atoms with Crippen LogP contribution in [-0.2, 0) is 6.42 Å². The molecule has 2 N–H and O–H groups in total. The molecule has 3 rings (SSSR count). The molecule has 150 valence electrons. The molecule has 1 fully saturated rings. The van der Waals surface area contributed by atoms with Crippen LogP contribution >= 0.6 is 0 Å². The number of halogens is 3. The van der Waals surface area contributed by atoms with Crippen molar-refractivity contribution < 1.29 is 18.0 Å². The van der Waals surface area contributed by atoms with E-state index in [2.05, 4.69) is 10.6 Å². The number of nitrogens with one attached hydrogen (secondary N) is 2. The van der Waals surface area contributed by atoms with Gasteiger partial charge in [-0.15, -0.1) is 0 Å². The van der Waals surface area contributed by atoms with Gasteiger partial charge in [0.15, 0.2) is 0 Å².